The lowest BCUT2D eigenvalue weighted by molar-refractivity contribution is -0.472. The lowest BCUT2D eigenvalue weighted by atomic mass is 9.87. The van der Waals surface area contributed by atoms with Crippen LogP contribution in [0.15, 0.2) is 0 Å². The monoisotopic (exact) mass is 608 g/mol. The van der Waals surface area contributed by atoms with Crippen molar-refractivity contribution in [3.63, 3.8) is 0 Å². The molecule has 0 amide bonds. The van der Waals surface area contributed by atoms with Gasteiger partial charge < -0.3 is 4.43 Å². The van der Waals surface area contributed by atoms with Gasteiger partial charge in [0, 0.05) is 6.10 Å². The van der Waals surface area contributed by atoms with Crippen LogP contribution in [0, 0.1) is 0 Å². The highest BCUT2D eigenvalue weighted by atomic mass is 28.2. The van der Waals surface area contributed by atoms with E-state index in [1.807, 2.05) is 0 Å². The highest BCUT2D eigenvalue weighted by Crippen LogP contribution is 2.66. The van der Waals surface area contributed by atoms with E-state index in [1.165, 1.54) is 0 Å². The first-order valence-electron chi connectivity index (χ1n) is 8.25. The molecule has 0 aliphatic carbocycles. The van der Waals surface area contributed by atoms with Crippen molar-refractivity contribution < 1.29 is 96.6 Å². The highest BCUT2D eigenvalue weighted by molar-refractivity contribution is 6.31. The molecule has 0 aromatic carbocycles. The second-order valence-corrected chi connectivity index (χ2v) is 8.67. The molecule has 0 aromatic rings. The third kappa shape index (κ3) is 4.48. The molecule has 0 spiro atoms. The second-order valence-electron chi connectivity index (χ2n) is 7.16. The Morgan fingerprint density at radius 1 is 0.389 bits per heavy atom. The van der Waals surface area contributed by atoms with Crippen LogP contribution in [0.3, 0.4) is 0 Å². The van der Waals surface area contributed by atoms with Gasteiger partial charge in [-0.05, 0) is 13.8 Å². The van der Waals surface area contributed by atoms with Crippen molar-refractivity contribution in [2.24, 2.45) is 0 Å². The summed E-state index contributed by atoms with van der Waals surface area (Å²) in [7, 11) is -4.53. The van der Waals surface area contributed by atoms with Crippen LogP contribution < -0.4 is 0 Å². The fraction of sp³-hybridized carbons (Fsp3) is 1.00. The van der Waals surface area contributed by atoms with Gasteiger partial charge in [-0.3, -0.25) is 0 Å². The molecule has 36 heavy (non-hydrogen) atoms. The van der Waals surface area contributed by atoms with Crippen molar-refractivity contribution in [3.8, 4) is 0 Å². The Morgan fingerprint density at radius 3 is 0.833 bits per heavy atom. The zero-order valence-electron chi connectivity index (χ0n) is 16.6. The van der Waals surface area contributed by atoms with Gasteiger partial charge in [-0.1, -0.05) is 0 Å². The van der Waals surface area contributed by atoms with Crippen LogP contribution in [-0.2, 0) is 4.43 Å². The summed E-state index contributed by atoms with van der Waals surface area (Å²) in [5.74, 6) is -70.0. The topological polar surface area (TPSA) is 9.23 Å². The summed E-state index contributed by atoms with van der Waals surface area (Å²) in [5, 5.41) is 0. The van der Waals surface area contributed by atoms with E-state index < -0.39 is 75.0 Å². The van der Waals surface area contributed by atoms with Crippen LogP contribution in [0.4, 0.5) is 92.2 Å². The van der Waals surface area contributed by atoms with Crippen LogP contribution in [-0.4, -0.2) is 75.0 Å². The minimum absolute atomic E-state index is 0.752. The van der Waals surface area contributed by atoms with Crippen molar-refractivity contribution in [1.29, 1.82) is 0 Å². The van der Waals surface area contributed by atoms with Crippen LogP contribution in [0.1, 0.15) is 13.8 Å². The molecule has 0 radical (unpaired) electrons. The Hall–Kier alpha value is -1.29. The molecule has 0 rings (SSSR count). The molecule has 0 aliphatic rings. The maximum Gasteiger partial charge on any atom is 0.460 e. The molecule has 0 unspecified atom stereocenters. The van der Waals surface area contributed by atoms with Gasteiger partial charge in [0.25, 0.3) is 0 Å². The van der Waals surface area contributed by atoms with E-state index in [1.54, 1.807) is 0 Å². The van der Waals surface area contributed by atoms with E-state index in [9.17, 15) is 92.2 Å². The first-order valence-corrected chi connectivity index (χ1v) is 9.54. The van der Waals surface area contributed by atoms with E-state index in [0.29, 0.717) is 0 Å². The summed E-state index contributed by atoms with van der Waals surface area (Å²) in [5.41, 5.74) is -6.58. The van der Waals surface area contributed by atoms with Crippen LogP contribution in [0.5, 0.6) is 0 Å². The maximum absolute atomic E-state index is 13.5. The van der Waals surface area contributed by atoms with Gasteiger partial charge in [0.05, 0.1) is 0 Å². The average Bonchev–Trinajstić information content (AvgIpc) is 2.64. The molecule has 1 nitrogen and oxygen atoms in total. The Balaban J connectivity index is 6.95. The Bertz CT molecular complexity index is 781. The second kappa shape index (κ2) is 8.88. The lowest BCUT2D eigenvalue weighted by Gasteiger charge is -2.44. The zero-order valence-corrected chi connectivity index (χ0v) is 18.0. The van der Waals surface area contributed by atoms with Crippen molar-refractivity contribution in [1.82, 2.24) is 0 Å². The molecule has 218 valence electrons. The third-order valence-corrected chi connectivity index (χ3v) is 5.81. The fourth-order valence-corrected chi connectivity index (χ4v) is 2.90. The summed E-state index contributed by atoms with van der Waals surface area (Å²) in [4.78, 5) is 0. The molecule has 0 saturated heterocycles. The smallest absolute Gasteiger partial charge is 0.414 e. The lowest BCUT2D eigenvalue weighted by Crippen LogP contribution is -2.77. The van der Waals surface area contributed by atoms with Gasteiger partial charge in [0.1, 0.15) is 0 Å². The van der Waals surface area contributed by atoms with Crippen LogP contribution >= 0.6 is 0 Å². The number of hydrogen-bond acceptors (Lipinski definition) is 1. The number of rotatable bonds is 11. The van der Waals surface area contributed by atoms with Gasteiger partial charge in [0.15, 0.2) is 0 Å². The first kappa shape index (κ1) is 34.7. The molecule has 0 heterocycles. The van der Waals surface area contributed by atoms with Crippen molar-refractivity contribution in [2.45, 2.75) is 79.1 Å². The Morgan fingerprint density at radius 2 is 0.611 bits per heavy atom. The first-order chi connectivity index (χ1) is 15.2. The number of halogens is 21. The molecule has 0 N–H and O–H groups in total. The van der Waals surface area contributed by atoms with Gasteiger partial charge >= 0.3 is 59.1 Å². The summed E-state index contributed by atoms with van der Waals surface area (Å²) in [6.07, 6.45) is -9.54. The van der Waals surface area contributed by atoms with E-state index in [0.717, 1.165) is 13.8 Å². The number of hydrogen-bond donors (Lipinski definition) is 0. The quantitative estimate of drug-likeness (QED) is 0.187. The van der Waals surface area contributed by atoms with E-state index in [2.05, 4.69) is 4.43 Å². The molecule has 23 heteroatoms. The molecule has 0 saturated carbocycles. The fourth-order valence-electron chi connectivity index (χ4n) is 1.95. The van der Waals surface area contributed by atoms with Gasteiger partial charge in [-0.2, -0.15) is 83.4 Å². The van der Waals surface area contributed by atoms with E-state index >= 15 is 0 Å². The minimum Gasteiger partial charge on any atom is -0.414 e. The number of alkyl halides is 21. The molecule has 0 bridgehead atoms. The zero-order chi connectivity index (χ0) is 30.0. The standard InChI is InChI=1S/C13H9F21OSi/c1-3(2)35-36-13(33,34)11(28,29)9(24,25)7(20,21)5(16,17)4(14,15)6(18,19)8(22,23)10(26,27)12(30,31)32/h3H,36H2,1-2H3. The molecule has 0 aliphatic heterocycles. The van der Waals surface area contributed by atoms with Gasteiger partial charge in [0.2, 0.25) is 9.76 Å². The average molecular weight is 608 g/mol. The van der Waals surface area contributed by atoms with Crippen molar-refractivity contribution >= 4 is 9.76 Å². The summed E-state index contributed by atoms with van der Waals surface area (Å²) < 4.78 is 279. The van der Waals surface area contributed by atoms with Crippen molar-refractivity contribution in [3.05, 3.63) is 0 Å². The van der Waals surface area contributed by atoms with Gasteiger partial charge in [-0.25, -0.2) is 8.78 Å². The predicted molar refractivity (Wildman–Crippen MR) is 75.3 cm³/mol. The van der Waals surface area contributed by atoms with E-state index in [4.69, 9.17) is 0 Å². The Kier molecular flexibility index (Phi) is 8.57. The maximum atomic E-state index is 13.5. The molecular formula is C13H9F21OSi. The normalized spacial score (nSPS) is 17.0. The van der Waals surface area contributed by atoms with Crippen LogP contribution in [0.25, 0.3) is 0 Å². The third-order valence-electron chi connectivity index (χ3n) is 4.17. The summed E-state index contributed by atoms with van der Waals surface area (Å²) >= 11 is 0. The molecule has 0 aromatic heterocycles. The van der Waals surface area contributed by atoms with Crippen LogP contribution in [0.2, 0.25) is 0 Å². The SMILES string of the molecule is CC(C)O[SiH2]C(F)(F)C(F)(F)C(F)(F)C(F)(F)C(F)(F)C(F)(F)C(F)(F)C(F)(F)C(F)(F)C(F)(F)F. The van der Waals surface area contributed by atoms with E-state index in [-0.39, 0.29) is 0 Å². The summed E-state index contributed by atoms with van der Waals surface area (Å²) in [6.45, 7) is 1.50. The molecule has 0 atom stereocenters. The molecule has 0 fully saturated rings. The summed E-state index contributed by atoms with van der Waals surface area (Å²) in [6, 6.07) is 0. The highest BCUT2D eigenvalue weighted by Gasteiger charge is 2.97. The molecular weight excluding hydrogens is 599 g/mol. The largest absolute Gasteiger partial charge is 0.460 e. The van der Waals surface area contributed by atoms with Crippen molar-refractivity contribution in [2.75, 3.05) is 0 Å². The predicted octanol–water partition coefficient (Wildman–Crippen LogP) is 6.73. The minimum atomic E-state index is -9.15. The van der Waals surface area contributed by atoms with Gasteiger partial charge in [-0.15, -0.1) is 0 Å². The Labute approximate surface area is 186 Å².